The summed E-state index contributed by atoms with van der Waals surface area (Å²) in [7, 11) is 0. The SMILES string of the molecule is CCCCNC(=O)[C@@H](CC)N(Cc1ccc(Cl)cc1Cl)C(=O)COc1ccc(Br)cc1Cl. The molecule has 0 unspecified atom stereocenters. The van der Waals surface area contributed by atoms with Gasteiger partial charge < -0.3 is 15.0 Å². The Labute approximate surface area is 212 Å². The van der Waals surface area contributed by atoms with E-state index < -0.39 is 6.04 Å². The van der Waals surface area contributed by atoms with Crippen molar-refractivity contribution < 1.29 is 14.3 Å². The zero-order valence-electron chi connectivity index (χ0n) is 18.0. The standard InChI is InChI=1S/C23H26BrCl3N2O3/c1-3-5-10-28-23(31)20(4-2)29(13-15-6-8-17(25)12-18(15)26)22(30)14-32-21-9-7-16(24)11-19(21)27/h6-9,11-12,20H,3-5,10,13-14H2,1-2H3,(H,28,31)/t20-/m1/s1. The number of carbonyl (C=O) groups is 2. The molecule has 0 aliphatic heterocycles. The normalized spacial score (nSPS) is 11.7. The highest BCUT2D eigenvalue weighted by atomic mass is 79.9. The van der Waals surface area contributed by atoms with Crippen LogP contribution in [0.5, 0.6) is 5.75 Å². The van der Waals surface area contributed by atoms with Crippen LogP contribution in [0.1, 0.15) is 38.7 Å². The van der Waals surface area contributed by atoms with Crippen LogP contribution in [-0.2, 0) is 16.1 Å². The van der Waals surface area contributed by atoms with Crippen LogP contribution in [0.25, 0.3) is 0 Å². The number of ether oxygens (including phenoxy) is 1. The first-order valence-electron chi connectivity index (χ1n) is 10.4. The van der Waals surface area contributed by atoms with Crippen LogP contribution in [0.3, 0.4) is 0 Å². The van der Waals surface area contributed by atoms with Gasteiger partial charge in [-0.05, 0) is 48.7 Å². The summed E-state index contributed by atoms with van der Waals surface area (Å²) in [5.74, 6) is -0.179. The molecule has 2 aromatic carbocycles. The molecule has 0 saturated carbocycles. The Bertz CT molecular complexity index is 943. The molecule has 0 saturated heterocycles. The summed E-state index contributed by atoms with van der Waals surface area (Å²) in [5, 5.41) is 4.21. The van der Waals surface area contributed by atoms with Crippen molar-refractivity contribution in [2.75, 3.05) is 13.2 Å². The highest BCUT2D eigenvalue weighted by molar-refractivity contribution is 9.10. The van der Waals surface area contributed by atoms with Gasteiger partial charge in [-0.15, -0.1) is 0 Å². The molecule has 0 radical (unpaired) electrons. The average molecular weight is 565 g/mol. The number of nitrogens with zero attached hydrogens (tertiary/aromatic N) is 1. The van der Waals surface area contributed by atoms with E-state index in [4.69, 9.17) is 39.5 Å². The summed E-state index contributed by atoms with van der Waals surface area (Å²) in [6.45, 7) is 4.34. The molecule has 2 aromatic rings. The summed E-state index contributed by atoms with van der Waals surface area (Å²) in [6.07, 6.45) is 2.26. The number of unbranched alkanes of at least 4 members (excludes halogenated alkanes) is 1. The molecule has 2 rings (SSSR count). The zero-order valence-corrected chi connectivity index (χ0v) is 21.8. The third-order valence-electron chi connectivity index (χ3n) is 4.82. The van der Waals surface area contributed by atoms with Gasteiger partial charge in [-0.1, -0.05) is 77.1 Å². The Morgan fingerprint density at radius 2 is 1.84 bits per heavy atom. The van der Waals surface area contributed by atoms with Gasteiger partial charge in [-0.25, -0.2) is 0 Å². The maximum Gasteiger partial charge on any atom is 0.261 e. The average Bonchev–Trinajstić information content (AvgIpc) is 2.74. The van der Waals surface area contributed by atoms with Crippen molar-refractivity contribution in [3.05, 3.63) is 61.5 Å². The van der Waals surface area contributed by atoms with Crippen LogP contribution < -0.4 is 10.1 Å². The first-order valence-corrected chi connectivity index (χ1v) is 12.3. The third kappa shape index (κ3) is 7.84. The molecule has 1 atom stereocenters. The van der Waals surface area contributed by atoms with E-state index in [-0.39, 0.29) is 25.0 Å². The maximum absolute atomic E-state index is 13.2. The molecule has 0 aromatic heterocycles. The summed E-state index contributed by atoms with van der Waals surface area (Å²) < 4.78 is 6.47. The van der Waals surface area contributed by atoms with Crippen LogP contribution in [0.2, 0.25) is 15.1 Å². The number of amides is 2. The van der Waals surface area contributed by atoms with E-state index in [0.717, 1.165) is 17.3 Å². The van der Waals surface area contributed by atoms with E-state index in [1.807, 2.05) is 13.8 Å². The van der Waals surface area contributed by atoms with Gasteiger partial charge in [-0.3, -0.25) is 9.59 Å². The second kappa shape index (κ2) is 13.3. The molecule has 0 aliphatic carbocycles. The van der Waals surface area contributed by atoms with Gasteiger partial charge in [0.2, 0.25) is 5.91 Å². The van der Waals surface area contributed by atoms with E-state index in [2.05, 4.69) is 21.2 Å². The van der Waals surface area contributed by atoms with Crippen LogP contribution in [-0.4, -0.2) is 35.9 Å². The van der Waals surface area contributed by atoms with E-state index in [9.17, 15) is 9.59 Å². The van der Waals surface area contributed by atoms with E-state index >= 15 is 0 Å². The number of halogens is 4. The zero-order chi connectivity index (χ0) is 23.7. The number of rotatable bonds is 11. The number of nitrogens with one attached hydrogen (secondary N) is 1. The van der Waals surface area contributed by atoms with Gasteiger partial charge in [0.1, 0.15) is 11.8 Å². The fraction of sp³-hybridized carbons (Fsp3) is 0.391. The molecule has 0 bridgehead atoms. The Morgan fingerprint density at radius 3 is 2.47 bits per heavy atom. The Morgan fingerprint density at radius 1 is 1.09 bits per heavy atom. The minimum Gasteiger partial charge on any atom is -0.482 e. The lowest BCUT2D eigenvalue weighted by atomic mass is 10.1. The molecule has 0 aliphatic rings. The number of benzene rings is 2. The molecule has 174 valence electrons. The molecule has 2 amide bonds. The predicted molar refractivity (Wildman–Crippen MR) is 134 cm³/mol. The van der Waals surface area contributed by atoms with Crippen molar-refractivity contribution >= 4 is 62.5 Å². The summed E-state index contributed by atoms with van der Waals surface area (Å²) in [5.41, 5.74) is 0.686. The van der Waals surface area contributed by atoms with Crippen molar-refractivity contribution in [3.63, 3.8) is 0 Å². The van der Waals surface area contributed by atoms with Crippen molar-refractivity contribution in [3.8, 4) is 5.75 Å². The van der Waals surface area contributed by atoms with Crippen LogP contribution in [0.15, 0.2) is 40.9 Å². The molecule has 0 spiro atoms. The number of hydrogen-bond acceptors (Lipinski definition) is 3. The van der Waals surface area contributed by atoms with Crippen molar-refractivity contribution in [1.29, 1.82) is 0 Å². The third-order valence-corrected chi connectivity index (χ3v) is 6.19. The van der Waals surface area contributed by atoms with Gasteiger partial charge >= 0.3 is 0 Å². The van der Waals surface area contributed by atoms with Gasteiger partial charge in [0, 0.05) is 27.6 Å². The lowest BCUT2D eigenvalue weighted by Crippen LogP contribution is -2.50. The van der Waals surface area contributed by atoms with Gasteiger partial charge in [0.05, 0.1) is 5.02 Å². The smallest absolute Gasteiger partial charge is 0.261 e. The highest BCUT2D eigenvalue weighted by Crippen LogP contribution is 2.28. The van der Waals surface area contributed by atoms with Crippen LogP contribution in [0.4, 0.5) is 0 Å². The molecule has 9 heteroatoms. The van der Waals surface area contributed by atoms with Gasteiger partial charge in [0.15, 0.2) is 6.61 Å². The minimum absolute atomic E-state index is 0.145. The second-order valence-electron chi connectivity index (χ2n) is 7.19. The van der Waals surface area contributed by atoms with Crippen molar-refractivity contribution in [2.24, 2.45) is 0 Å². The summed E-state index contributed by atoms with van der Waals surface area (Å²) in [4.78, 5) is 27.6. The Balaban J connectivity index is 2.24. The van der Waals surface area contributed by atoms with Crippen LogP contribution >= 0.6 is 50.7 Å². The number of hydrogen-bond donors (Lipinski definition) is 1. The van der Waals surface area contributed by atoms with E-state index in [1.54, 1.807) is 36.4 Å². The Hall–Kier alpha value is -1.47. The topological polar surface area (TPSA) is 58.6 Å². The molecule has 0 fully saturated rings. The molecule has 5 nitrogen and oxygen atoms in total. The fourth-order valence-electron chi connectivity index (χ4n) is 3.07. The monoisotopic (exact) mass is 562 g/mol. The molecule has 1 N–H and O–H groups in total. The second-order valence-corrected chi connectivity index (χ2v) is 9.36. The first kappa shape index (κ1) is 26.8. The van der Waals surface area contributed by atoms with Crippen LogP contribution in [0, 0.1) is 0 Å². The largest absolute Gasteiger partial charge is 0.482 e. The van der Waals surface area contributed by atoms with Gasteiger partial charge in [-0.2, -0.15) is 0 Å². The molecule has 0 heterocycles. The predicted octanol–water partition coefficient (Wildman–Crippen LogP) is 6.51. The van der Waals surface area contributed by atoms with Gasteiger partial charge in [0.25, 0.3) is 5.91 Å². The minimum atomic E-state index is -0.671. The molecular formula is C23H26BrCl3N2O3. The lowest BCUT2D eigenvalue weighted by Gasteiger charge is -2.31. The lowest BCUT2D eigenvalue weighted by molar-refractivity contribution is -0.143. The van der Waals surface area contributed by atoms with E-state index in [0.29, 0.717) is 39.3 Å². The highest BCUT2D eigenvalue weighted by Gasteiger charge is 2.29. The fourth-order valence-corrected chi connectivity index (χ4v) is 4.27. The Kier molecular flexibility index (Phi) is 11.1. The first-order chi connectivity index (χ1) is 15.3. The summed E-state index contributed by atoms with van der Waals surface area (Å²) >= 11 is 21.9. The van der Waals surface area contributed by atoms with Crippen molar-refractivity contribution in [2.45, 2.75) is 45.7 Å². The van der Waals surface area contributed by atoms with Crippen molar-refractivity contribution in [1.82, 2.24) is 10.2 Å². The maximum atomic E-state index is 13.2. The number of carbonyl (C=O) groups excluding carboxylic acids is 2. The quantitative estimate of drug-likeness (QED) is 0.317. The summed E-state index contributed by atoms with van der Waals surface area (Å²) in [6, 6.07) is 9.52. The molecular weight excluding hydrogens is 539 g/mol. The van der Waals surface area contributed by atoms with E-state index in [1.165, 1.54) is 4.90 Å². The molecule has 32 heavy (non-hydrogen) atoms.